The minimum atomic E-state index is -0.123. The van der Waals surface area contributed by atoms with Gasteiger partial charge in [-0.25, -0.2) is 4.79 Å². The van der Waals surface area contributed by atoms with Gasteiger partial charge in [0.2, 0.25) is 0 Å². The number of hydrogen-bond acceptors (Lipinski definition) is 3. The first-order valence-electron chi connectivity index (χ1n) is 10.6. The molecule has 0 aromatic heterocycles. The van der Waals surface area contributed by atoms with Gasteiger partial charge in [0.1, 0.15) is 0 Å². The number of nitrogens with one attached hydrogen (secondary N) is 1. The molecule has 1 saturated heterocycles. The summed E-state index contributed by atoms with van der Waals surface area (Å²) in [5.41, 5.74) is 3.08. The molecule has 150 valence electrons. The van der Waals surface area contributed by atoms with E-state index in [0.29, 0.717) is 6.61 Å². The van der Waals surface area contributed by atoms with Crippen LogP contribution in [0, 0.1) is 5.92 Å². The van der Waals surface area contributed by atoms with Gasteiger partial charge in [0.25, 0.3) is 0 Å². The lowest BCUT2D eigenvalue weighted by Crippen LogP contribution is -2.32. The smallest absolute Gasteiger partial charge is 0.409 e. The molecule has 1 aromatic rings. The fourth-order valence-electron chi connectivity index (χ4n) is 4.19. The fraction of sp³-hybridized carbons (Fsp3) is 0.682. The number of unbranched alkanes of at least 4 members (excludes halogenated alkanes) is 1. The van der Waals surface area contributed by atoms with Gasteiger partial charge in [-0.2, -0.15) is 0 Å². The van der Waals surface area contributed by atoms with Crippen molar-refractivity contribution in [2.75, 3.05) is 32.8 Å². The van der Waals surface area contributed by atoms with Crippen molar-refractivity contribution in [1.29, 1.82) is 0 Å². The van der Waals surface area contributed by atoms with E-state index in [-0.39, 0.29) is 6.09 Å². The molecule has 1 unspecified atom stereocenters. The molecule has 1 amide bonds. The van der Waals surface area contributed by atoms with Crippen LogP contribution < -0.4 is 5.32 Å². The second-order valence-electron chi connectivity index (χ2n) is 7.93. The van der Waals surface area contributed by atoms with Crippen molar-refractivity contribution in [2.24, 2.45) is 5.92 Å². The number of ether oxygens (including phenoxy) is 1. The second-order valence-corrected chi connectivity index (χ2v) is 8.85. The number of rotatable bonds is 9. The Kier molecular flexibility index (Phi) is 8.46. The SMILES string of the molecule is O=C1OCCCCN1CCCCNCCCC1CCc2cc(Br)ccc2C1. The Hall–Kier alpha value is -1.07. The van der Waals surface area contributed by atoms with Crippen LogP contribution in [0.1, 0.15) is 56.1 Å². The molecule has 27 heavy (non-hydrogen) atoms. The highest BCUT2D eigenvalue weighted by Gasteiger charge is 2.18. The van der Waals surface area contributed by atoms with E-state index in [9.17, 15) is 4.79 Å². The molecule has 1 fully saturated rings. The highest BCUT2D eigenvalue weighted by molar-refractivity contribution is 9.10. The molecular formula is C22H33BrN2O2. The van der Waals surface area contributed by atoms with Crippen LogP contribution in [0.15, 0.2) is 22.7 Å². The summed E-state index contributed by atoms with van der Waals surface area (Å²) in [4.78, 5) is 13.6. The maximum Gasteiger partial charge on any atom is 0.409 e. The topological polar surface area (TPSA) is 41.6 Å². The first-order valence-corrected chi connectivity index (χ1v) is 11.4. The molecule has 1 heterocycles. The van der Waals surface area contributed by atoms with Gasteiger partial charge in [0, 0.05) is 17.6 Å². The summed E-state index contributed by atoms with van der Waals surface area (Å²) in [6, 6.07) is 6.76. The Morgan fingerprint density at radius 1 is 1.15 bits per heavy atom. The minimum Gasteiger partial charge on any atom is -0.449 e. The fourth-order valence-corrected chi connectivity index (χ4v) is 4.60. The lowest BCUT2D eigenvalue weighted by atomic mass is 9.82. The van der Waals surface area contributed by atoms with Crippen LogP contribution in [-0.2, 0) is 17.6 Å². The number of nitrogens with zero attached hydrogens (tertiary/aromatic N) is 1. The van der Waals surface area contributed by atoms with Crippen molar-refractivity contribution in [3.63, 3.8) is 0 Å². The molecule has 0 saturated carbocycles. The summed E-state index contributed by atoms with van der Waals surface area (Å²) >= 11 is 3.58. The molecule has 0 spiro atoms. The first kappa shape index (κ1) is 20.7. The summed E-state index contributed by atoms with van der Waals surface area (Å²) in [5.74, 6) is 0.842. The Morgan fingerprint density at radius 3 is 2.96 bits per heavy atom. The van der Waals surface area contributed by atoms with Gasteiger partial charge in [0.15, 0.2) is 0 Å². The van der Waals surface area contributed by atoms with Crippen molar-refractivity contribution in [2.45, 2.75) is 57.8 Å². The van der Waals surface area contributed by atoms with Crippen molar-refractivity contribution in [1.82, 2.24) is 10.2 Å². The first-order chi connectivity index (χ1) is 13.2. The monoisotopic (exact) mass is 436 g/mol. The second kappa shape index (κ2) is 11.1. The molecule has 1 aromatic carbocycles. The highest BCUT2D eigenvalue weighted by atomic mass is 79.9. The Bertz CT molecular complexity index is 608. The van der Waals surface area contributed by atoms with Crippen molar-refractivity contribution < 1.29 is 9.53 Å². The molecular weight excluding hydrogens is 404 g/mol. The number of fused-ring (bicyclic) bond motifs is 1. The maximum absolute atomic E-state index is 11.7. The molecule has 4 nitrogen and oxygen atoms in total. The van der Waals surface area contributed by atoms with E-state index in [0.717, 1.165) is 57.8 Å². The van der Waals surface area contributed by atoms with Gasteiger partial charge < -0.3 is 15.0 Å². The Morgan fingerprint density at radius 2 is 2.04 bits per heavy atom. The van der Waals surface area contributed by atoms with Crippen molar-refractivity contribution >= 4 is 22.0 Å². The highest BCUT2D eigenvalue weighted by Crippen LogP contribution is 2.30. The third-order valence-electron chi connectivity index (χ3n) is 5.80. The standard InChI is InChI=1S/C22H33BrN2O2/c23-21-10-9-19-16-18(7-8-20(19)17-21)6-5-12-24-11-1-2-13-25-14-3-4-15-27-22(25)26/h9-10,17-18,24H,1-8,11-16H2. The van der Waals surface area contributed by atoms with E-state index in [1.807, 2.05) is 4.90 Å². The summed E-state index contributed by atoms with van der Waals surface area (Å²) in [6.45, 7) is 4.42. The molecule has 5 heteroatoms. The van der Waals surface area contributed by atoms with Crippen LogP contribution in [0.25, 0.3) is 0 Å². The third kappa shape index (κ3) is 6.79. The lowest BCUT2D eigenvalue weighted by Gasteiger charge is -2.24. The number of halogens is 1. The minimum absolute atomic E-state index is 0.123. The lowest BCUT2D eigenvalue weighted by molar-refractivity contribution is 0.115. The molecule has 1 aliphatic heterocycles. The largest absolute Gasteiger partial charge is 0.449 e. The van der Waals surface area contributed by atoms with Crippen LogP contribution >= 0.6 is 15.9 Å². The zero-order chi connectivity index (χ0) is 18.9. The number of aryl methyl sites for hydroxylation is 1. The molecule has 2 aliphatic rings. The quantitative estimate of drug-likeness (QED) is 0.557. The summed E-state index contributed by atoms with van der Waals surface area (Å²) < 4.78 is 6.39. The van der Waals surface area contributed by atoms with Crippen LogP contribution in [-0.4, -0.2) is 43.8 Å². The Balaban J connectivity index is 1.21. The van der Waals surface area contributed by atoms with Gasteiger partial charge in [-0.3, -0.25) is 0 Å². The zero-order valence-corrected chi connectivity index (χ0v) is 17.9. The van der Waals surface area contributed by atoms with Gasteiger partial charge >= 0.3 is 6.09 Å². The molecule has 0 bridgehead atoms. The number of hydrogen-bond donors (Lipinski definition) is 1. The average Bonchev–Trinajstić information content (AvgIpc) is 2.88. The van der Waals surface area contributed by atoms with Crippen molar-refractivity contribution in [3.8, 4) is 0 Å². The van der Waals surface area contributed by atoms with E-state index >= 15 is 0 Å². The molecule has 0 radical (unpaired) electrons. The van der Waals surface area contributed by atoms with Gasteiger partial charge in [-0.05, 0) is 100 Å². The molecule has 3 rings (SSSR count). The van der Waals surface area contributed by atoms with E-state index in [2.05, 4.69) is 39.4 Å². The molecule has 1 atom stereocenters. The summed E-state index contributed by atoms with van der Waals surface area (Å²) in [5, 5.41) is 3.57. The number of cyclic esters (lactones) is 1. The molecule has 1 N–H and O–H groups in total. The predicted octanol–water partition coefficient (Wildman–Crippen LogP) is 4.94. The van der Waals surface area contributed by atoms with Crippen LogP contribution in [0.2, 0.25) is 0 Å². The van der Waals surface area contributed by atoms with Gasteiger partial charge in [0.05, 0.1) is 6.61 Å². The Labute approximate surface area is 172 Å². The van der Waals surface area contributed by atoms with Gasteiger partial charge in [-0.1, -0.05) is 22.0 Å². The van der Waals surface area contributed by atoms with Crippen molar-refractivity contribution in [3.05, 3.63) is 33.8 Å². The predicted molar refractivity (Wildman–Crippen MR) is 113 cm³/mol. The molecule has 1 aliphatic carbocycles. The van der Waals surface area contributed by atoms with Crippen LogP contribution in [0.3, 0.4) is 0 Å². The summed E-state index contributed by atoms with van der Waals surface area (Å²) in [7, 11) is 0. The van der Waals surface area contributed by atoms with Crippen LogP contribution in [0.4, 0.5) is 4.79 Å². The number of carbonyl (C=O) groups excluding carboxylic acids is 1. The number of carbonyl (C=O) groups is 1. The van der Waals surface area contributed by atoms with Gasteiger partial charge in [-0.15, -0.1) is 0 Å². The third-order valence-corrected chi connectivity index (χ3v) is 6.30. The summed E-state index contributed by atoms with van der Waals surface area (Å²) in [6.07, 6.45) is 10.5. The van der Waals surface area contributed by atoms with E-state index in [1.54, 1.807) is 5.56 Å². The van der Waals surface area contributed by atoms with E-state index in [4.69, 9.17) is 4.74 Å². The number of amides is 1. The number of benzene rings is 1. The van der Waals surface area contributed by atoms with E-state index in [1.165, 1.54) is 42.1 Å². The van der Waals surface area contributed by atoms with Crippen LogP contribution in [0.5, 0.6) is 0 Å². The average molecular weight is 437 g/mol. The zero-order valence-electron chi connectivity index (χ0n) is 16.4. The normalized spacial score (nSPS) is 20.1. The maximum atomic E-state index is 11.7. The van der Waals surface area contributed by atoms with E-state index < -0.39 is 0 Å².